The smallest absolute Gasteiger partial charge is 0.00110 e. The molecule has 1 aromatic carbocycles. The van der Waals surface area contributed by atoms with Gasteiger partial charge in [0, 0.05) is 6.54 Å². The van der Waals surface area contributed by atoms with Crippen LogP contribution in [0.25, 0.3) is 0 Å². The molecule has 0 aromatic heterocycles. The topological polar surface area (TPSA) is 12.0 Å². The average molecular weight is 259 g/mol. The standard InChI is InChI=1S/C18H29N/c1-5-12-19-14-18(10-11-18)13-15-6-8-16(9-7-15)17(2,3)4/h6-9,19H,5,10-14H2,1-4H3. The van der Waals surface area contributed by atoms with E-state index >= 15 is 0 Å². The van der Waals surface area contributed by atoms with E-state index in [0.717, 1.165) is 6.54 Å². The number of benzene rings is 1. The first-order valence-electron chi connectivity index (χ1n) is 7.75. The zero-order valence-corrected chi connectivity index (χ0v) is 13.1. The molecule has 1 aliphatic rings. The van der Waals surface area contributed by atoms with Crippen LogP contribution in [-0.4, -0.2) is 13.1 Å². The summed E-state index contributed by atoms with van der Waals surface area (Å²) in [7, 11) is 0. The van der Waals surface area contributed by atoms with Crippen molar-refractivity contribution in [1.29, 1.82) is 0 Å². The van der Waals surface area contributed by atoms with Crippen molar-refractivity contribution < 1.29 is 0 Å². The van der Waals surface area contributed by atoms with Crippen molar-refractivity contribution in [3.63, 3.8) is 0 Å². The van der Waals surface area contributed by atoms with Crippen LogP contribution >= 0.6 is 0 Å². The van der Waals surface area contributed by atoms with E-state index in [1.54, 1.807) is 0 Å². The van der Waals surface area contributed by atoms with E-state index in [1.165, 1.54) is 43.4 Å². The molecule has 1 fully saturated rings. The second-order valence-electron chi connectivity index (χ2n) is 7.30. The Hall–Kier alpha value is -0.820. The second kappa shape index (κ2) is 5.66. The number of hydrogen-bond acceptors (Lipinski definition) is 1. The molecule has 1 heteroatoms. The fourth-order valence-corrected chi connectivity index (χ4v) is 2.68. The van der Waals surface area contributed by atoms with Gasteiger partial charge in [-0.2, -0.15) is 0 Å². The minimum atomic E-state index is 0.262. The van der Waals surface area contributed by atoms with E-state index < -0.39 is 0 Å². The Morgan fingerprint density at radius 2 is 1.74 bits per heavy atom. The van der Waals surface area contributed by atoms with E-state index in [9.17, 15) is 0 Å². The monoisotopic (exact) mass is 259 g/mol. The Balaban J connectivity index is 1.93. The molecule has 0 saturated heterocycles. The Kier molecular flexibility index (Phi) is 4.35. The van der Waals surface area contributed by atoms with E-state index in [0.29, 0.717) is 5.41 Å². The highest BCUT2D eigenvalue weighted by atomic mass is 14.9. The number of hydrogen-bond donors (Lipinski definition) is 1. The van der Waals surface area contributed by atoms with Crippen molar-refractivity contribution in [3.8, 4) is 0 Å². The molecule has 106 valence electrons. The quantitative estimate of drug-likeness (QED) is 0.751. The van der Waals surface area contributed by atoms with Crippen LogP contribution in [0.5, 0.6) is 0 Å². The van der Waals surface area contributed by atoms with Gasteiger partial charge >= 0.3 is 0 Å². The van der Waals surface area contributed by atoms with Gasteiger partial charge in [-0.1, -0.05) is 52.0 Å². The van der Waals surface area contributed by atoms with Gasteiger partial charge in [-0.15, -0.1) is 0 Å². The van der Waals surface area contributed by atoms with Crippen molar-refractivity contribution in [3.05, 3.63) is 35.4 Å². The van der Waals surface area contributed by atoms with E-state index in [2.05, 4.69) is 57.3 Å². The molecule has 0 radical (unpaired) electrons. The molecule has 1 nitrogen and oxygen atoms in total. The van der Waals surface area contributed by atoms with Crippen molar-refractivity contribution in [1.82, 2.24) is 5.32 Å². The molecule has 1 aromatic rings. The maximum Gasteiger partial charge on any atom is 0.00110 e. The molecule has 1 N–H and O–H groups in total. The van der Waals surface area contributed by atoms with Gasteiger partial charge in [0.1, 0.15) is 0 Å². The Morgan fingerprint density at radius 1 is 1.11 bits per heavy atom. The highest BCUT2D eigenvalue weighted by Gasteiger charge is 2.41. The molecule has 19 heavy (non-hydrogen) atoms. The Morgan fingerprint density at radius 3 is 2.21 bits per heavy atom. The molecular weight excluding hydrogens is 230 g/mol. The second-order valence-corrected chi connectivity index (χ2v) is 7.30. The van der Waals surface area contributed by atoms with Crippen LogP contribution in [0.15, 0.2) is 24.3 Å². The number of rotatable bonds is 6. The summed E-state index contributed by atoms with van der Waals surface area (Å²) in [4.78, 5) is 0. The van der Waals surface area contributed by atoms with E-state index in [4.69, 9.17) is 0 Å². The van der Waals surface area contributed by atoms with Crippen LogP contribution in [0.2, 0.25) is 0 Å². The lowest BCUT2D eigenvalue weighted by Gasteiger charge is -2.20. The Bertz CT molecular complexity index is 393. The van der Waals surface area contributed by atoms with Crippen molar-refractivity contribution in [2.45, 2.75) is 58.8 Å². The van der Waals surface area contributed by atoms with Gasteiger partial charge in [-0.25, -0.2) is 0 Å². The molecule has 0 bridgehead atoms. The van der Waals surface area contributed by atoms with Gasteiger partial charge in [0.05, 0.1) is 0 Å². The van der Waals surface area contributed by atoms with Crippen molar-refractivity contribution >= 4 is 0 Å². The van der Waals surface area contributed by atoms with E-state index in [1.807, 2.05) is 0 Å². The van der Waals surface area contributed by atoms with Crippen LogP contribution in [0, 0.1) is 5.41 Å². The summed E-state index contributed by atoms with van der Waals surface area (Å²) >= 11 is 0. The van der Waals surface area contributed by atoms with Crippen LogP contribution in [0.1, 0.15) is 58.1 Å². The lowest BCUT2D eigenvalue weighted by Crippen LogP contribution is -2.26. The molecule has 0 atom stereocenters. The van der Waals surface area contributed by atoms with Gasteiger partial charge in [0.15, 0.2) is 0 Å². The lowest BCUT2D eigenvalue weighted by atomic mass is 9.86. The van der Waals surface area contributed by atoms with Gasteiger partial charge < -0.3 is 5.32 Å². The van der Waals surface area contributed by atoms with Gasteiger partial charge in [-0.05, 0) is 54.2 Å². The van der Waals surface area contributed by atoms with Gasteiger partial charge in [-0.3, -0.25) is 0 Å². The molecule has 0 amide bonds. The summed E-state index contributed by atoms with van der Waals surface area (Å²) in [6.45, 7) is 11.4. The summed E-state index contributed by atoms with van der Waals surface area (Å²) in [5, 5.41) is 3.59. The third-order valence-corrected chi connectivity index (χ3v) is 4.28. The first kappa shape index (κ1) is 14.6. The molecule has 2 rings (SSSR count). The fraction of sp³-hybridized carbons (Fsp3) is 0.667. The largest absolute Gasteiger partial charge is 0.316 e. The minimum Gasteiger partial charge on any atom is -0.316 e. The van der Waals surface area contributed by atoms with E-state index in [-0.39, 0.29) is 5.41 Å². The summed E-state index contributed by atoms with van der Waals surface area (Å²) < 4.78 is 0. The predicted octanol–water partition coefficient (Wildman–Crippen LogP) is 4.31. The molecule has 0 unspecified atom stereocenters. The maximum atomic E-state index is 3.59. The zero-order valence-electron chi connectivity index (χ0n) is 13.1. The molecule has 1 aliphatic carbocycles. The molecule has 0 heterocycles. The van der Waals surface area contributed by atoms with Crippen molar-refractivity contribution in [2.75, 3.05) is 13.1 Å². The summed E-state index contributed by atoms with van der Waals surface area (Å²) in [5.41, 5.74) is 3.77. The van der Waals surface area contributed by atoms with Crippen LogP contribution in [-0.2, 0) is 11.8 Å². The number of nitrogens with one attached hydrogen (secondary N) is 1. The Labute approximate surface area is 118 Å². The van der Waals surface area contributed by atoms with Gasteiger partial charge in [0.2, 0.25) is 0 Å². The molecule has 1 saturated carbocycles. The fourth-order valence-electron chi connectivity index (χ4n) is 2.68. The summed E-state index contributed by atoms with van der Waals surface area (Å²) in [5.74, 6) is 0. The normalized spacial score (nSPS) is 17.5. The van der Waals surface area contributed by atoms with Crippen LogP contribution in [0.4, 0.5) is 0 Å². The summed E-state index contributed by atoms with van der Waals surface area (Å²) in [6.07, 6.45) is 5.26. The first-order valence-corrected chi connectivity index (χ1v) is 7.75. The first-order chi connectivity index (χ1) is 8.95. The highest BCUT2D eigenvalue weighted by molar-refractivity contribution is 5.28. The van der Waals surface area contributed by atoms with Crippen LogP contribution < -0.4 is 5.32 Å². The summed E-state index contributed by atoms with van der Waals surface area (Å²) in [6, 6.07) is 9.29. The van der Waals surface area contributed by atoms with Gasteiger partial charge in [0.25, 0.3) is 0 Å². The highest BCUT2D eigenvalue weighted by Crippen LogP contribution is 2.47. The average Bonchev–Trinajstić information content (AvgIpc) is 3.09. The van der Waals surface area contributed by atoms with Crippen molar-refractivity contribution in [2.24, 2.45) is 5.41 Å². The van der Waals surface area contributed by atoms with Crippen LogP contribution in [0.3, 0.4) is 0 Å². The SMILES string of the molecule is CCCNCC1(Cc2ccc(C(C)(C)C)cc2)CC1. The minimum absolute atomic E-state index is 0.262. The molecule has 0 aliphatic heterocycles. The molecular formula is C18H29N. The molecule has 0 spiro atoms. The lowest BCUT2D eigenvalue weighted by molar-refractivity contribution is 0.455. The predicted molar refractivity (Wildman–Crippen MR) is 83.7 cm³/mol. The third-order valence-electron chi connectivity index (χ3n) is 4.28. The maximum absolute atomic E-state index is 3.59. The third kappa shape index (κ3) is 4.07. The zero-order chi connectivity index (χ0) is 13.9.